The van der Waals surface area contributed by atoms with E-state index in [0.29, 0.717) is 0 Å². The van der Waals surface area contributed by atoms with Gasteiger partial charge in [0.1, 0.15) is 5.65 Å². The van der Waals surface area contributed by atoms with Gasteiger partial charge in [-0.3, -0.25) is 0 Å². The second-order valence-corrected chi connectivity index (χ2v) is 4.85. The number of hydrogen-bond donors (Lipinski definition) is 0. The number of aromatic nitrogens is 2. The molecule has 2 heteroatoms. The fourth-order valence-corrected chi connectivity index (χ4v) is 2.65. The molecule has 0 aliphatic heterocycles. The lowest BCUT2D eigenvalue weighted by atomic mass is 10.0. The SMILES string of the molecule is Cc1ccc2nc3c(n2c1)CCCCCC3. The molecule has 0 N–H and O–H groups in total. The molecule has 0 saturated carbocycles. The predicted molar refractivity (Wildman–Crippen MR) is 65.8 cm³/mol. The van der Waals surface area contributed by atoms with E-state index >= 15 is 0 Å². The van der Waals surface area contributed by atoms with E-state index in [-0.39, 0.29) is 0 Å². The van der Waals surface area contributed by atoms with Crippen LogP contribution in [0.4, 0.5) is 0 Å². The first kappa shape index (κ1) is 9.88. The quantitative estimate of drug-likeness (QED) is 0.657. The third-order valence-electron chi connectivity index (χ3n) is 3.53. The Balaban J connectivity index is 2.17. The molecular weight excluding hydrogens is 196 g/mol. The molecule has 0 unspecified atom stereocenters. The zero-order valence-corrected chi connectivity index (χ0v) is 9.87. The maximum absolute atomic E-state index is 4.76. The van der Waals surface area contributed by atoms with Crippen molar-refractivity contribution in [3.05, 3.63) is 35.3 Å². The van der Waals surface area contributed by atoms with Gasteiger partial charge in [0.25, 0.3) is 0 Å². The molecule has 1 aliphatic carbocycles. The minimum absolute atomic E-state index is 1.12. The number of nitrogens with zero attached hydrogens (tertiary/aromatic N) is 2. The second kappa shape index (κ2) is 3.93. The van der Waals surface area contributed by atoms with Gasteiger partial charge in [0.15, 0.2) is 0 Å². The van der Waals surface area contributed by atoms with Crippen LogP contribution in [0.25, 0.3) is 5.65 Å². The third kappa shape index (κ3) is 1.62. The van der Waals surface area contributed by atoms with Crippen molar-refractivity contribution < 1.29 is 0 Å². The Bertz CT molecular complexity index is 511. The Labute approximate surface area is 96.3 Å². The minimum Gasteiger partial charge on any atom is -0.304 e. The van der Waals surface area contributed by atoms with Crippen LogP contribution in [0, 0.1) is 6.92 Å². The fraction of sp³-hybridized carbons (Fsp3) is 0.500. The zero-order chi connectivity index (χ0) is 11.0. The lowest BCUT2D eigenvalue weighted by Gasteiger charge is -2.09. The standard InChI is InChI=1S/C14H18N2/c1-11-8-9-14-15-12-6-4-2-3-5-7-13(12)16(14)10-11/h8-10H,2-7H2,1H3. The van der Waals surface area contributed by atoms with Crippen molar-refractivity contribution in [1.29, 1.82) is 0 Å². The molecule has 84 valence electrons. The first-order chi connectivity index (χ1) is 7.84. The Morgan fingerprint density at radius 2 is 1.88 bits per heavy atom. The summed E-state index contributed by atoms with van der Waals surface area (Å²) < 4.78 is 2.30. The van der Waals surface area contributed by atoms with E-state index in [1.807, 2.05) is 0 Å². The Hall–Kier alpha value is -1.31. The lowest BCUT2D eigenvalue weighted by molar-refractivity contribution is 0.604. The summed E-state index contributed by atoms with van der Waals surface area (Å²) in [6, 6.07) is 4.29. The number of rotatable bonds is 0. The zero-order valence-electron chi connectivity index (χ0n) is 9.87. The van der Waals surface area contributed by atoms with Gasteiger partial charge in [-0.1, -0.05) is 18.9 Å². The summed E-state index contributed by atoms with van der Waals surface area (Å²) in [5.74, 6) is 0. The highest BCUT2D eigenvalue weighted by Crippen LogP contribution is 2.21. The summed E-state index contributed by atoms with van der Waals surface area (Å²) >= 11 is 0. The van der Waals surface area contributed by atoms with Gasteiger partial charge in [0.05, 0.1) is 5.69 Å². The molecule has 3 rings (SSSR count). The van der Waals surface area contributed by atoms with E-state index in [4.69, 9.17) is 4.98 Å². The van der Waals surface area contributed by atoms with Crippen LogP contribution < -0.4 is 0 Å². The van der Waals surface area contributed by atoms with E-state index in [1.165, 1.54) is 49.1 Å². The summed E-state index contributed by atoms with van der Waals surface area (Å²) in [4.78, 5) is 4.76. The second-order valence-electron chi connectivity index (χ2n) is 4.85. The Kier molecular flexibility index (Phi) is 2.43. The Morgan fingerprint density at radius 3 is 2.75 bits per heavy atom. The average Bonchev–Trinajstić information content (AvgIpc) is 2.55. The van der Waals surface area contributed by atoms with Crippen LogP contribution in [0.15, 0.2) is 18.3 Å². The summed E-state index contributed by atoms with van der Waals surface area (Å²) in [7, 11) is 0. The topological polar surface area (TPSA) is 17.3 Å². The highest BCUT2D eigenvalue weighted by molar-refractivity contribution is 5.44. The molecule has 2 nitrogen and oxygen atoms in total. The van der Waals surface area contributed by atoms with E-state index in [0.717, 1.165) is 12.1 Å². The maximum Gasteiger partial charge on any atom is 0.137 e. The number of pyridine rings is 1. The van der Waals surface area contributed by atoms with E-state index < -0.39 is 0 Å². The van der Waals surface area contributed by atoms with E-state index in [1.54, 1.807) is 0 Å². The van der Waals surface area contributed by atoms with Crippen LogP contribution in [-0.2, 0) is 12.8 Å². The largest absolute Gasteiger partial charge is 0.304 e. The van der Waals surface area contributed by atoms with Gasteiger partial charge in [0.2, 0.25) is 0 Å². The molecule has 0 aromatic carbocycles. The van der Waals surface area contributed by atoms with E-state index in [2.05, 4.69) is 29.7 Å². The van der Waals surface area contributed by atoms with E-state index in [9.17, 15) is 0 Å². The molecule has 0 saturated heterocycles. The van der Waals surface area contributed by atoms with Gasteiger partial charge < -0.3 is 4.40 Å². The normalized spacial score (nSPS) is 16.8. The van der Waals surface area contributed by atoms with Gasteiger partial charge in [-0.2, -0.15) is 0 Å². The molecule has 2 aromatic rings. The predicted octanol–water partition coefficient (Wildman–Crippen LogP) is 3.30. The summed E-state index contributed by atoms with van der Waals surface area (Å²) in [5.41, 5.74) is 5.23. The smallest absolute Gasteiger partial charge is 0.137 e. The van der Waals surface area contributed by atoms with Gasteiger partial charge in [0, 0.05) is 11.9 Å². The highest BCUT2D eigenvalue weighted by atomic mass is 15.0. The van der Waals surface area contributed by atoms with Crippen molar-refractivity contribution >= 4 is 5.65 Å². The monoisotopic (exact) mass is 214 g/mol. The molecular formula is C14H18N2. The highest BCUT2D eigenvalue weighted by Gasteiger charge is 2.13. The maximum atomic E-state index is 4.76. The van der Waals surface area contributed by atoms with Crippen molar-refractivity contribution in [2.75, 3.05) is 0 Å². The molecule has 0 atom stereocenters. The van der Waals surface area contributed by atoms with Crippen molar-refractivity contribution in [3.8, 4) is 0 Å². The van der Waals surface area contributed by atoms with Crippen molar-refractivity contribution in [1.82, 2.24) is 9.38 Å². The van der Waals surface area contributed by atoms with Crippen LogP contribution in [-0.4, -0.2) is 9.38 Å². The summed E-state index contributed by atoms with van der Waals surface area (Å²) in [6.45, 7) is 2.15. The molecule has 2 aromatic heterocycles. The molecule has 16 heavy (non-hydrogen) atoms. The fourth-order valence-electron chi connectivity index (χ4n) is 2.65. The molecule has 0 radical (unpaired) electrons. The average molecular weight is 214 g/mol. The Morgan fingerprint density at radius 1 is 1.06 bits per heavy atom. The van der Waals surface area contributed by atoms with Crippen LogP contribution in [0.3, 0.4) is 0 Å². The van der Waals surface area contributed by atoms with Crippen LogP contribution in [0.2, 0.25) is 0 Å². The van der Waals surface area contributed by atoms with Crippen molar-refractivity contribution in [2.45, 2.75) is 45.4 Å². The van der Waals surface area contributed by atoms with Gasteiger partial charge >= 0.3 is 0 Å². The van der Waals surface area contributed by atoms with Crippen LogP contribution >= 0.6 is 0 Å². The number of aryl methyl sites for hydroxylation is 3. The van der Waals surface area contributed by atoms with Crippen molar-refractivity contribution in [3.63, 3.8) is 0 Å². The number of hydrogen-bond acceptors (Lipinski definition) is 1. The van der Waals surface area contributed by atoms with Gasteiger partial charge in [-0.15, -0.1) is 0 Å². The third-order valence-corrected chi connectivity index (χ3v) is 3.53. The molecule has 0 amide bonds. The molecule has 1 aliphatic rings. The molecule has 0 fully saturated rings. The van der Waals surface area contributed by atoms with Gasteiger partial charge in [-0.25, -0.2) is 4.98 Å². The first-order valence-electron chi connectivity index (χ1n) is 6.31. The minimum atomic E-state index is 1.12. The first-order valence-corrected chi connectivity index (χ1v) is 6.31. The van der Waals surface area contributed by atoms with Crippen LogP contribution in [0.5, 0.6) is 0 Å². The number of imidazole rings is 1. The summed E-state index contributed by atoms with van der Waals surface area (Å²) in [5, 5.41) is 0. The number of fused-ring (bicyclic) bond motifs is 3. The van der Waals surface area contributed by atoms with Crippen LogP contribution in [0.1, 0.15) is 42.6 Å². The summed E-state index contributed by atoms with van der Waals surface area (Å²) in [6.07, 6.45) is 9.94. The molecule has 0 spiro atoms. The van der Waals surface area contributed by atoms with Gasteiger partial charge in [-0.05, 0) is 44.2 Å². The molecule has 0 bridgehead atoms. The molecule has 2 heterocycles. The lowest BCUT2D eigenvalue weighted by Crippen LogP contribution is -2.01. The van der Waals surface area contributed by atoms with Crippen molar-refractivity contribution in [2.24, 2.45) is 0 Å².